The van der Waals surface area contributed by atoms with Gasteiger partial charge in [-0.25, -0.2) is 0 Å². The number of benzene rings is 1. The molecule has 4 heteroatoms. The molecule has 0 atom stereocenters. The van der Waals surface area contributed by atoms with Gasteiger partial charge >= 0.3 is 0 Å². The van der Waals surface area contributed by atoms with E-state index in [1.54, 1.807) is 0 Å². The molecule has 1 fully saturated rings. The molecule has 1 saturated heterocycles. The fraction of sp³-hybridized carbons (Fsp3) is 0.500. The van der Waals surface area contributed by atoms with Gasteiger partial charge in [-0.3, -0.25) is 0 Å². The lowest BCUT2D eigenvalue weighted by molar-refractivity contribution is 0.353. The zero-order valence-electron chi connectivity index (χ0n) is 9.56. The Labute approximate surface area is 115 Å². The van der Waals surface area contributed by atoms with Gasteiger partial charge in [-0.1, -0.05) is 11.6 Å². The molecule has 0 spiro atoms. The van der Waals surface area contributed by atoms with Gasteiger partial charge in [0.2, 0.25) is 0 Å². The second-order valence-corrected chi connectivity index (χ2v) is 6.48. The Morgan fingerprint density at radius 1 is 1.44 bits per heavy atom. The molecule has 0 amide bonds. The van der Waals surface area contributed by atoms with E-state index in [0.717, 1.165) is 30.3 Å². The van der Waals surface area contributed by atoms with Crippen LogP contribution in [0.15, 0.2) is 18.2 Å². The molecule has 1 aromatic carbocycles. The maximum Gasteiger partial charge on any atom is 0.0650 e. The molecule has 1 aliphatic rings. The topological polar surface area (TPSA) is 15.3 Å². The SMILES string of the molecule is CC1(C)CN(c2ccc(I)cc2Cl)CCN1. The van der Waals surface area contributed by atoms with Crippen LogP contribution in [0.5, 0.6) is 0 Å². The third kappa shape index (κ3) is 2.81. The number of nitrogens with zero attached hydrogens (tertiary/aromatic N) is 1. The van der Waals surface area contributed by atoms with Crippen LogP contribution in [0.4, 0.5) is 5.69 Å². The highest BCUT2D eigenvalue weighted by molar-refractivity contribution is 14.1. The summed E-state index contributed by atoms with van der Waals surface area (Å²) in [4.78, 5) is 2.36. The monoisotopic (exact) mass is 350 g/mol. The maximum absolute atomic E-state index is 6.29. The second kappa shape index (κ2) is 4.70. The predicted octanol–water partition coefficient (Wildman–Crippen LogP) is 3.13. The van der Waals surface area contributed by atoms with E-state index in [-0.39, 0.29) is 5.54 Å². The van der Waals surface area contributed by atoms with Crippen LogP contribution in [-0.4, -0.2) is 25.2 Å². The Morgan fingerprint density at radius 3 is 2.81 bits per heavy atom. The van der Waals surface area contributed by atoms with Gasteiger partial charge in [0.15, 0.2) is 0 Å². The molecule has 0 bridgehead atoms. The summed E-state index contributed by atoms with van der Waals surface area (Å²) in [5.74, 6) is 0. The van der Waals surface area contributed by atoms with Gasteiger partial charge in [0.25, 0.3) is 0 Å². The standard InChI is InChI=1S/C12H16ClIN2/c1-12(2)8-16(6-5-15-12)11-4-3-9(14)7-10(11)13/h3-4,7,15H,5-6,8H2,1-2H3. The summed E-state index contributed by atoms with van der Waals surface area (Å²) in [5, 5.41) is 4.35. The first kappa shape index (κ1) is 12.5. The lowest BCUT2D eigenvalue weighted by Gasteiger charge is -2.40. The zero-order valence-corrected chi connectivity index (χ0v) is 12.5. The van der Waals surface area contributed by atoms with E-state index >= 15 is 0 Å². The number of rotatable bonds is 1. The summed E-state index contributed by atoms with van der Waals surface area (Å²) in [6.07, 6.45) is 0. The van der Waals surface area contributed by atoms with Crippen molar-refractivity contribution in [2.75, 3.05) is 24.5 Å². The Hall–Kier alpha value is -0.000000000000000132. The molecule has 0 saturated carbocycles. The van der Waals surface area contributed by atoms with Crippen molar-refractivity contribution in [3.8, 4) is 0 Å². The second-order valence-electron chi connectivity index (χ2n) is 4.83. The van der Waals surface area contributed by atoms with E-state index in [1.807, 2.05) is 6.07 Å². The van der Waals surface area contributed by atoms with Crippen LogP contribution < -0.4 is 10.2 Å². The number of halogens is 2. The van der Waals surface area contributed by atoms with Crippen molar-refractivity contribution in [1.29, 1.82) is 0 Å². The number of nitrogens with one attached hydrogen (secondary N) is 1. The van der Waals surface area contributed by atoms with Gasteiger partial charge in [0, 0.05) is 28.7 Å². The quantitative estimate of drug-likeness (QED) is 0.783. The van der Waals surface area contributed by atoms with E-state index in [4.69, 9.17) is 11.6 Å². The van der Waals surface area contributed by atoms with E-state index in [0.29, 0.717) is 0 Å². The van der Waals surface area contributed by atoms with Crippen LogP contribution in [-0.2, 0) is 0 Å². The molecule has 1 aliphatic heterocycles. The predicted molar refractivity (Wildman–Crippen MR) is 78.5 cm³/mol. The summed E-state index contributed by atoms with van der Waals surface area (Å²) < 4.78 is 1.18. The van der Waals surface area contributed by atoms with Gasteiger partial charge in [-0.05, 0) is 54.6 Å². The minimum Gasteiger partial charge on any atom is -0.367 e. The van der Waals surface area contributed by atoms with E-state index in [9.17, 15) is 0 Å². The highest BCUT2D eigenvalue weighted by atomic mass is 127. The van der Waals surface area contributed by atoms with Crippen molar-refractivity contribution in [3.63, 3.8) is 0 Å². The van der Waals surface area contributed by atoms with E-state index < -0.39 is 0 Å². The van der Waals surface area contributed by atoms with Gasteiger partial charge in [0.1, 0.15) is 0 Å². The Bertz CT molecular complexity index is 393. The third-order valence-electron chi connectivity index (χ3n) is 2.82. The molecule has 0 aromatic heterocycles. The fourth-order valence-electron chi connectivity index (χ4n) is 2.08. The molecule has 0 aliphatic carbocycles. The van der Waals surface area contributed by atoms with Crippen LogP contribution in [0.25, 0.3) is 0 Å². The minimum atomic E-state index is 0.157. The molecule has 1 aromatic rings. The van der Waals surface area contributed by atoms with Crippen LogP contribution in [0, 0.1) is 3.57 Å². The van der Waals surface area contributed by atoms with Crippen molar-refractivity contribution in [1.82, 2.24) is 5.32 Å². The average molecular weight is 351 g/mol. The third-order valence-corrected chi connectivity index (χ3v) is 3.80. The smallest absolute Gasteiger partial charge is 0.0650 e. The molecule has 16 heavy (non-hydrogen) atoms. The largest absolute Gasteiger partial charge is 0.367 e. The summed E-state index contributed by atoms with van der Waals surface area (Å²) >= 11 is 8.57. The van der Waals surface area contributed by atoms with Gasteiger partial charge in [-0.2, -0.15) is 0 Å². The molecule has 1 N–H and O–H groups in total. The molecular formula is C12H16ClIN2. The first-order chi connectivity index (χ1) is 7.48. The molecule has 0 unspecified atom stereocenters. The highest BCUT2D eigenvalue weighted by Gasteiger charge is 2.26. The Morgan fingerprint density at radius 2 is 2.19 bits per heavy atom. The molecule has 2 nitrogen and oxygen atoms in total. The molecule has 88 valence electrons. The average Bonchev–Trinajstić information content (AvgIpc) is 2.15. The van der Waals surface area contributed by atoms with Crippen molar-refractivity contribution >= 4 is 39.9 Å². The van der Waals surface area contributed by atoms with E-state index in [2.05, 4.69) is 58.8 Å². The normalized spacial score (nSPS) is 19.9. The summed E-state index contributed by atoms with van der Waals surface area (Å²) in [6, 6.07) is 6.24. The molecular weight excluding hydrogens is 335 g/mol. The number of hydrogen-bond acceptors (Lipinski definition) is 2. The van der Waals surface area contributed by atoms with Crippen LogP contribution in [0.3, 0.4) is 0 Å². The zero-order chi connectivity index (χ0) is 11.8. The van der Waals surface area contributed by atoms with Crippen molar-refractivity contribution < 1.29 is 0 Å². The van der Waals surface area contributed by atoms with Crippen molar-refractivity contribution in [2.24, 2.45) is 0 Å². The minimum absolute atomic E-state index is 0.157. The Balaban J connectivity index is 2.23. The van der Waals surface area contributed by atoms with Crippen LogP contribution in [0.2, 0.25) is 5.02 Å². The van der Waals surface area contributed by atoms with Gasteiger partial charge < -0.3 is 10.2 Å². The van der Waals surface area contributed by atoms with Crippen LogP contribution in [0.1, 0.15) is 13.8 Å². The lowest BCUT2D eigenvalue weighted by atomic mass is 10.0. The first-order valence-corrected chi connectivity index (χ1v) is 6.89. The summed E-state index contributed by atoms with van der Waals surface area (Å²) in [7, 11) is 0. The summed E-state index contributed by atoms with van der Waals surface area (Å²) in [5.41, 5.74) is 1.31. The van der Waals surface area contributed by atoms with Gasteiger partial charge in [-0.15, -0.1) is 0 Å². The molecule has 1 heterocycles. The number of piperazine rings is 1. The Kier molecular flexibility index (Phi) is 3.66. The lowest BCUT2D eigenvalue weighted by Crippen LogP contribution is -2.57. The van der Waals surface area contributed by atoms with E-state index in [1.165, 1.54) is 3.57 Å². The maximum atomic E-state index is 6.29. The van der Waals surface area contributed by atoms with Gasteiger partial charge in [0.05, 0.1) is 10.7 Å². The van der Waals surface area contributed by atoms with Crippen molar-refractivity contribution in [2.45, 2.75) is 19.4 Å². The highest BCUT2D eigenvalue weighted by Crippen LogP contribution is 2.29. The molecule has 2 rings (SSSR count). The number of hydrogen-bond donors (Lipinski definition) is 1. The van der Waals surface area contributed by atoms with Crippen molar-refractivity contribution in [3.05, 3.63) is 26.8 Å². The first-order valence-electron chi connectivity index (χ1n) is 5.43. The number of anilines is 1. The summed E-state index contributed by atoms with van der Waals surface area (Å²) in [6.45, 7) is 7.46. The van der Waals surface area contributed by atoms with Crippen LogP contribution >= 0.6 is 34.2 Å². The fourth-order valence-corrected chi connectivity index (χ4v) is 3.06. The molecule has 0 radical (unpaired) electrons.